The maximum Gasteiger partial charge on any atom is 0.113 e. The summed E-state index contributed by atoms with van der Waals surface area (Å²) in [5.41, 5.74) is 2.54. The van der Waals surface area contributed by atoms with E-state index in [-0.39, 0.29) is 0 Å². The Morgan fingerprint density at radius 2 is 2.10 bits per heavy atom. The highest BCUT2D eigenvalue weighted by atomic mass is 32.1. The van der Waals surface area contributed by atoms with Crippen LogP contribution in [0.25, 0.3) is 0 Å². The molecule has 0 amide bonds. The van der Waals surface area contributed by atoms with Gasteiger partial charge in [-0.25, -0.2) is 4.98 Å². The molecule has 0 radical (unpaired) electrons. The van der Waals surface area contributed by atoms with Crippen molar-refractivity contribution < 1.29 is 0 Å². The molecule has 1 unspecified atom stereocenters. The number of hydrogen-bond donors (Lipinski definition) is 1. The predicted molar refractivity (Wildman–Crippen MR) is 91.0 cm³/mol. The SMILES string of the molecule is CCCNC(c1ccn(Cc2nc(C)c(C)s2)c1)C(C)C. The number of nitrogens with zero attached hydrogens (tertiary/aromatic N) is 2. The third-order valence-corrected chi connectivity index (χ3v) is 4.86. The summed E-state index contributed by atoms with van der Waals surface area (Å²) in [6.45, 7) is 12.9. The highest BCUT2D eigenvalue weighted by molar-refractivity contribution is 7.11. The summed E-state index contributed by atoms with van der Waals surface area (Å²) >= 11 is 1.80. The first-order valence-corrected chi connectivity index (χ1v) is 8.64. The molecule has 4 heteroatoms. The van der Waals surface area contributed by atoms with Gasteiger partial charge in [0.05, 0.1) is 12.2 Å². The molecule has 2 aromatic heterocycles. The van der Waals surface area contributed by atoms with Crippen molar-refractivity contribution in [3.63, 3.8) is 0 Å². The fourth-order valence-electron chi connectivity index (χ4n) is 2.54. The average Bonchev–Trinajstić information content (AvgIpc) is 2.98. The van der Waals surface area contributed by atoms with Crippen LogP contribution in [-0.4, -0.2) is 16.1 Å². The zero-order chi connectivity index (χ0) is 15.4. The van der Waals surface area contributed by atoms with Gasteiger partial charge in [-0.15, -0.1) is 11.3 Å². The van der Waals surface area contributed by atoms with E-state index in [0.717, 1.165) is 18.8 Å². The molecule has 2 heterocycles. The number of nitrogens with one attached hydrogen (secondary N) is 1. The van der Waals surface area contributed by atoms with Gasteiger partial charge in [-0.05, 0) is 44.4 Å². The summed E-state index contributed by atoms with van der Waals surface area (Å²) in [7, 11) is 0. The molecule has 0 aliphatic carbocycles. The topological polar surface area (TPSA) is 29.9 Å². The van der Waals surface area contributed by atoms with Gasteiger partial charge in [0.25, 0.3) is 0 Å². The lowest BCUT2D eigenvalue weighted by Gasteiger charge is -2.21. The zero-order valence-electron chi connectivity index (χ0n) is 13.8. The minimum atomic E-state index is 0.436. The van der Waals surface area contributed by atoms with Gasteiger partial charge in [-0.1, -0.05) is 20.8 Å². The molecule has 0 saturated heterocycles. The van der Waals surface area contributed by atoms with E-state index in [1.54, 1.807) is 11.3 Å². The Bertz CT molecular complexity index is 549. The van der Waals surface area contributed by atoms with Crippen molar-refractivity contribution in [2.75, 3.05) is 6.54 Å². The molecule has 2 aromatic rings. The lowest BCUT2D eigenvalue weighted by molar-refractivity contribution is 0.412. The monoisotopic (exact) mass is 305 g/mol. The van der Waals surface area contributed by atoms with Crippen molar-refractivity contribution in [1.82, 2.24) is 14.9 Å². The van der Waals surface area contributed by atoms with Crippen LogP contribution in [0.4, 0.5) is 0 Å². The summed E-state index contributed by atoms with van der Waals surface area (Å²) in [4.78, 5) is 5.95. The Balaban J connectivity index is 2.08. The average molecular weight is 305 g/mol. The molecule has 0 bridgehead atoms. The van der Waals surface area contributed by atoms with Gasteiger partial charge in [0.1, 0.15) is 5.01 Å². The van der Waals surface area contributed by atoms with Crippen LogP contribution in [0, 0.1) is 19.8 Å². The molecule has 0 spiro atoms. The largest absolute Gasteiger partial charge is 0.347 e. The van der Waals surface area contributed by atoms with E-state index in [2.05, 4.69) is 67.9 Å². The molecule has 1 atom stereocenters. The molecule has 0 aromatic carbocycles. The molecule has 0 saturated carbocycles. The summed E-state index contributed by atoms with van der Waals surface area (Å²) in [6.07, 6.45) is 5.60. The van der Waals surface area contributed by atoms with Gasteiger partial charge in [0.15, 0.2) is 0 Å². The normalized spacial score (nSPS) is 13.0. The van der Waals surface area contributed by atoms with Crippen LogP contribution in [0.5, 0.6) is 0 Å². The van der Waals surface area contributed by atoms with Gasteiger partial charge < -0.3 is 9.88 Å². The van der Waals surface area contributed by atoms with E-state index in [1.165, 1.54) is 21.9 Å². The third kappa shape index (κ3) is 4.17. The molecule has 2 rings (SSSR count). The molecule has 1 N–H and O–H groups in total. The van der Waals surface area contributed by atoms with E-state index < -0.39 is 0 Å². The quantitative estimate of drug-likeness (QED) is 0.826. The van der Waals surface area contributed by atoms with Crippen LogP contribution >= 0.6 is 11.3 Å². The zero-order valence-corrected chi connectivity index (χ0v) is 14.6. The Labute approximate surface area is 132 Å². The van der Waals surface area contributed by atoms with Crippen LogP contribution in [0.3, 0.4) is 0 Å². The van der Waals surface area contributed by atoms with Crippen molar-refractivity contribution in [2.24, 2.45) is 5.92 Å². The van der Waals surface area contributed by atoms with E-state index in [4.69, 9.17) is 0 Å². The smallest absolute Gasteiger partial charge is 0.113 e. The second kappa shape index (κ2) is 7.23. The number of hydrogen-bond acceptors (Lipinski definition) is 3. The number of thiazole rings is 1. The molecule has 0 aliphatic heterocycles. The molecule has 116 valence electrons. The maximum absolute atomic E-state index is 4.63. The fourth-order valence-corrected chi connectivity index (χ4v) is 3.49. The first kappa shape index (κ1) is 16.2. The van der Waals surface area contributed by atoms with Crippen LogP contribution < -0.4 is 5.32 Å². The first-order valence-electron chi connectivity index (χ1n) is 7.83. The molecule has 0 aliphatic rings. The summed E-state index contributed by atoms with van der Waals surface area (Å²) in [5, 5.41) is 4.84. The van der Waals surface area contributed by atoms with Gasteiger partial charge >= 0.3 is 0 Å². The Morgan fingerprint density at radius 3 is 2.67 bits per heavy atom. The Kier molecular flexibility index (Phi) is 5.59. The molecular formula is C17H27N3S. The standard InChI is InChI=1S/C17H27N3S/c1-6-8-18-17(12(2)3)15-7-9-20(10-15)11-16-19-13(4)14(5)21-16/h7,9-10,12,17-18H,6,8,11H2,1-5H3. The van der Waals surface area contributed by atoms with Crippen LogP contribution in [0.2, 0.25) is 0 Å². The second-order valence-electron chi connectivity index (χ2n) is 6.04. The number of aryl methyl sites for hydroxylation is 2. The Hall–Kier alpha value is -1.13. The summed E-state index contributed by atoms with van der Waals surface area (Å²) < 4.78 is 2.25. The van der Waals surface area contributed by atoms with Gasteiger partial charge in [0, 0.05) is 23.3 Å². The minimum absolute atomic E-state index is 0.436. The minimum Gasteiger partial charge on any atom is -0.347 e. The van der Waals surface area contributed by atoms with Crippen molar-refractivity contribution in [3.05, 3.63) is 39.6 Å². The maximum atomic E-state index is 4.63. The van der Waals surface area contributed by atoms with Crippen LogP contribution in [-0.2, 0) is 6.54 Å². The Morgan fingerprint density at radius 1 is 1.33 bits per heavy atom. The van der Waals surface area contributed by atoms with Gasteiger partial charge in [-0.2, -0.15) is 0 Å². The third-order valence-electron chi connectivity index (χ3n) is 3.80. The molecule has 0 fully saturated rings. The molecule has 21 heavy (non-hydrogen) atoms. The lowest BCUT2D eigenvalue weighted by Crippen LogP contribution is -2.26. The fraction of sp³-hybridized carbons (Fsp3) is 0.588. The second-order valence-corrected chi connectivity index (χ2v) is 7.33. The van der Waals surface area contributed by atoms with Gasteiger partial charge in [-0.3, -0.25) is 0 Å². The summed E-state index contributed by atoms with van der Waals surface area (Å²) in [5.74, 6) is 0.594. The number of rotatable bonds is 7. The summed E-state index contributed by atoms with van der Waals surface area (Å²) in [6, 6.07) is 2.67. The highest BCUT2D eigenvalue weighted by Crippen LogP contribution is 2.23. The van der Waals surface area contributed by atoms with Crippen molar-refractivity contribution in [2.45, 2.75) is 53.6 Å². The highest BCUT2D eigenvalue weighted by Gasteiger charge is 2.16. The first-order chi connectivity index (χ1) is 10.0. The molecular weight excluding hydrogens is 278 g/mol. The van der Waals surface area contributed by atoms with E-state index in [0.29, 0.717) is 12.0 Å². The lowest BCUT2D eigenvalue weighted by atomic mass is 9.98. The van der Waals surface area contributed by atoms with Crippen LogP contribution in [0.15, 0.2) is 18.5 Å². The van der Waals surface area contributed by atoms with E-state index in [9.17, 15) is 0 Å². The van der Waals surface area contributed by atoms with E-state index in [1.807, 2.05) is 0 Å². The number of aromatic nitrogens is 2. The van der Waals surface area contributed by atoms with Crippen molar-refractivity contribution in [1.29, 1.82) is 0 Å². The molecule has 3 nitrogen and oxygen atoms in total. The van der Waals surface area contributed by atoms with Gasteiger partial charge in [0.2, 0.25) is 0 Å². The van der Waals surface area contributed by atoms with E-state index >= 15 is 0 Å². The van der Waals surface area contributed by atoms with Crippen LogP contribution in [0.1, 0.15) is 54.4 Å². The van der Waals surface area contributed by atoms with Crippen molar-refractivity contribution >= 4 is 11.3 Å². The van der Waals surface area contributed by atoms with Crippen molar-refractivity contribution in [3.8, 4) is 0 Å². The predicted octanol–water partition coefficient (Wildman–Crippen LogP) is 4.31.